The molecule has 0 spiro atoms. The van der Waals surface area contributed by atoms with E-state index in [1.807, 2.05) is 0 Å². The Balaban J connectivity index is 1.90. The second kappa shape index (κ2) is 1.54. The summed E-state index contributed by atoms with van der Waals surface area (Å²) in [5.41, 5.74) is 0. The van der Waals surface area contributed by atoms with Gasteiger partial charge in [-0.3, -0.25) is 0 Å². The molecule has 2 nitrogen and oxygen atoms in total. The minimum absolute atomic E-state index is 0.234. The van der Waals surface area contributed by atoms with Gasteiger partial charge in [-0.2, -0.15) is 0 Å². The maximum atomic E-state index is 5.26. The summed E-state index contributed by atoms with van der Waals surface area (Å²) >= 11 is 0.528. The van der Waals surface area contributed by atoms with Gasteiger partial charge in [-0.1, -0.05) is 0 Å². The molecule has 0 aromatic heterocycles. The van der Waals surface area contributed by atoms with E-state index in [2.05, 4.69) is 13.8 Å². The third-order valence-electron chi connectivity index (χ3n) is 1.53. The summed E-state index contributed by atoms with van der Waals surface area (Å²) in [6, 6.07) is 0. The Morgan fingerprint density at radius 3 is 1.67 bits per heavy atom. The van der Waals surface area contributed by atoms with Gasteiger partial charge < -0.3 is 0 Å². The topological polar surface area (TPSA) is 25.1 Å². The van der Waals surface area contributed by atoms with Crippen LogP contribution < -0.4 is 0 Å². The van der Waals surface area contributed by atoms with Crippen LogP contribution in [0.3, 0.4) is 0 Å². The molecule has 0 N–H and O–H groups in total. The van der Waals surface area contributed by atoms with Crippen LogP contribution in [-0.2, 0) is 9.47 Å². The molecule has 0 aliphatic carbocycles. The van der Waals surface area contributed by atoms with Gasteiger partial charge in [0.1, 0.15) is 0 Å². The van der Waals surface area contributed by atoms with Crippen molar-refractivity contribution in [3.05, 3.63) is 0 Å². The van der Waals surface area contributed by atoms with Crippen LogP contribution in [0, 0.1) is 0 Å². The van der Waals surface area contributed by atoms with Crippen molar-refractivity contribution in [3.8, 4) is 0 Å². The van der Waals surface area contributed by atoms with Crippen LogP contribution in [0.1, 0.15) is 13.8 Å². The number of ether oxygens (including phenoxy) is 2. The molecule has 0 saturated carbocycles. The first-order valence-corrected chi connectivity index (χ1v) is 4.81. The van der Waals surface area contributed by atoms with Gasteiger partial charge in [0.05, 0.1) is 0 Å². The molecule has 3 heteroatoms. The predicted octanol–water partition coefficient (Wildman–Crippen LogP) is 0.183. The summed E-state index contributed by atoms with van der Waals surface area (Å²) in [5, 5.41) is 0. The van der Waals surface area contributed by atoms with Crippen molar-refractivity contribution in [2.45, 2.75) is 22.8 Å². The SMILES string of the molecule is CC1([Se]C2(C)CO2)CO1. The zero-order chi connectivity index (χ0) is 6.54. The standard InChI is InChI=1S/C6H10O2Se/c1-5(3-7-5)9-6(2)4-8-6/h3-4H2,1-2H3. The van der Waals surface area contributed by atoms with E-state index in [1.54, 1.807) is 0 Å². The van der Waals surface area contributed by atoms with Gasteiger partial charge in [-0.05, 0) is 0 Å². The quantitative estimate of drug-likeness (QED) is 0.461. The van der Waals surface area contributed by atoms with E-state index in [0.717, 1.165) is 13.2 Å². The molecule has 0 aromatic rings. The molecule has 2 saturated heterocycles. The zero-order valence-electron chi connectivity index (χ0n) is 5.64. The van der Waals surface area contributed by atoms with Crippen LogP contribution >= 0.6 is 0 Å². The van der Waals surface area contributed by atoms with Crippen molar-refractivity contribution < 1.29 is 9.47 Å². The molecule has 9 heavy (non-hydrogen) atoms. The van der Waals surface area contributed by atoms with Crippen LogP contribution in [0.5, 0.6) is 0 Å². The molecule has 2 rings (SSSR count). The van der Waals surface area contributed by atoms with E-state index in [0.29, 0.717) is 15.0 Å². The molecule has 0 aromatic carbocycles. The van der Waals surface area contributed by atoms with Gasteiger partial charge in [-0.25, -0.2) is 0 Å². The van der Waals surface area contributed by atoms with E-state index >= 15 is 0 Å². The molecule has 0 bridgehead atoms. The predicted molar refractivity (Wildman–Crippen MR) is 34.5 cm³/mol. The molecule has 2 heterocycles. The molecule has 2 aliphatic rings. The molecule has 2 aliphatic heterocycles. The van der Waals surface area contributed by atoms with Gasteiger partial charge in [-0.15, -0.1) is 0 Å². The number of hydrogen-bond acceptors (Lipinski definition) is 2. The van der Waals surface area contributed by atoms with Gasteiger partial charge >= 0.3 is 60.5 Å². The molecule has 0 amide bonds. The van der Waals surface area contributed by atoms with Crippen molar-refractivity contribution in [1.82, 2.24) is 0 Å². The van der Waals surface area contributed by atoms with Crippen molar-refractivity contribution in [1.29, 1.82) is 0 Å². The van der Waals surface area contributed by atoms with Crippen LogP contribution in [0.4, 0.5) is 0 Å². The third-order valence-corrected chi connectivity index (χ3v) is 4.33. The monoisotopic (exact) mass is 194 g/mol. The maximum absolute atomic E-state index is 5.26. The molecule has 2 atom stereocenters. The summed E-state index contributed by atoms with van der Waals surface area (Å²) in [6.07, 6.45) is 0. The van der Waals surface area contributed by atoms with Crippen molar-refractivity contribution in [2.75, 3.05) is 13.2 Å². The fourth-order valence-electron chi connectivity index (χ4n) is 0.778. The fourth-order valence-corrected chi connectivity index (χ4v) is 3.44. The second-order valence-electron chi connectivity index (χ2n) is 2.95. The first-order chi connectivity index (χ1) is 4.12. The van der Waals surface area contributed by atoms with Crippen molar-refractivity contribution >= 4 is 15.0 Å². The summed E-state index contributed by atoms with van der Waals surface area (Å²) in [4.78, 5) is 0. The Kier molecular flexibility index (Phi) is 1.05. The second-order valence-corrected chi connectivity index (χ2v) is 7.00. The molecule has 2 fully saturated rings. The molecule has 2 unspecified atom stereocenters. The van der Waals surface area contributed by atoms with E-state index < -0.39 is 0 Å². The average Bonchev–Trinajstić information content (AvgIpc) is 2.55. The first-order valence-electron chi connectivity index (χ1n) is 3.10. The number of epoxide rings is 2. The molecule has 0 radical (unpaired) electrons. The Bertz CT molecular complexity index is 122. The van der Waals surface area contributed by atoms with Crippen LogP contribution in [-0.4, -0.2) is 37.2 Å². The summed E-state index contributed by atoms with van der Waals surface area (Å²) in [5.74, 6) is 0. The Hall–Kier alpha value is 0.439. The summed E-state index contributed by atoms with van der Waals surface area (Å²) in [7, 11) is 0. The number of rotatable bonds is 2. The van der Waals surface area contributed by atoms with Gasteiger partial charge in [0, 0.05) is 0 Å². The Morgan fingerprint density at radius 1 is 1.11 bits per heavy atom. The minimum atomic E-state index is 0.234. The van der Waals surface area contributed by atoms with Gasteiger partial charge in [0.2, 0.25) is 0 Å². The van der Waals surface area contributed by atoms with Crippen LogP contribution in [0.25, 0.3) is 0 Å². The summed E-state index contributed by atoms with van der Waals surface area (Å²) in [6.45, 7) is 6.23. The summed E-state index contributed by atoms with van der Waals surface area (Å²) < 4.78 is 11.0. The van der Waals surface area contributed by atoms with Crippen molar-refractivity contribution in [2.24, 2.45) is 0 Å². The first kappa shape index (κ1) is 6.17. The van der Waals surface area contributed by atoms with E-state index in [1.165, 1.54) is 0 Å². The number of hydrogen-bond donors (Lipinski definition) is 0. The van der Waals surface area contributed by atoms with E-state index in [9.17, 15) is 0 Å². The Labute approximate surface area is 61.1 Å². The van der Waals surface area contributed by atoms with Crippen LogP contribution in [0.2, 0.25) is 0 Å². The van der Waals surface area contributed by atoms with Gasteiger partial charge in [0.25, 0.3) is 0 Å². The van der Waals surface area contributed by atoms with Crippen molar-refractivity contribution in [3.63, 3.8) is 0 Å². The average molecular weight is 193 g/mol. The van der Waals surface area contributed by atoms with Crippen LogP contribution in [0.15, 0.2) is 0 Å². The normalized spacial score (nSPS) is 55.3. The Morgan fingerprint density at radius 2 is 1.44 bits per heavy atom. The molecular formula is C6H10O2Se. The third kappa shape index (κ3) is 1.29. The molecule has 52 valence electrons. The van der Waals surface area contributed by atoms with Gasteiger partial charge in [0.15, 0.2) is 0 Å². The van der Waals surface area contributed by atoms with E-state index in [-0.39, 0.29) is 9.00 Å². The van der Waals surface area contributed by atoms with E-state index in [4.69, 9.17) is 9.47 Å². The molecular weight excluding hydrogens is 183 g/mol. The zero-order valence-corrected chi connectivity index (χ0v) is 7.35. The fraction of sp³-hybridized carbons (Fsp3) is 1.00.